The minimum Gasteiger partial charge on any atom is -0.370 e. The van der Waals surface area contributed by atoms with Crippen molar-refractivity contribution in [3.8, 4) is 0 Å². The Morgan fingerprint density at radius 2 is 2.05 bits per heavy atom. The van der Waals surface area contributed by atoms with Gasteiger partial charge in [-0.2, -0.15) is 0 Å². The van der Waals surface area contributed by atoms with Gasteiger partial charge in [0.05, 0.1) is 0 Å². The highest BCUT2D eigenvalue weighted by molar-refractivity contribution is 5.95. The SMILES string of the molecule is CCCNc1cc(C(=O)N(C)C2CCCC2)cc(CC)n1. The summed E-state index contributed by atoms with van der Waals surface area (Å²) >= 11 is 0. The van der Waals surface area contributed by atoms with E-state index in [0.29, 0.717) is 6.04 Å². The molecular weight excluding hydrogens is 262 g/mol. The van der Waals surface area contributed by atoms with E-state index in [4.69, 9.17) is 0 Å². The van der Waals surface area contributed by atoms with Gasteiger partial charge in [-0.1, -0.05) is 26.7 Å². The van der Waals surface area contributed by atoms with Crippen LogP contribution in [-0.4, -0.2) is 35.4 Å². The fourth-order valence-corrected chi connectivity index (χ4v) is 2.90. The molecule has 1 aliphatic carbocycles. The lowest BCUT2D eigenvalue weighted by atomic mass is 10.1. The maximum atomic E-state index is 12.7. The lowest BCUT2D eigenvalue weighted by Crippen LogP contribution is -2.35. The zero-order valence-corrected chi connectivity index (χ0v) is 13.5. The zero-order chi connectivity index (χ0) is 15.2. The highest BCUT2D eigenvalue weighted by Gasteiger charge is 2.24. The fourth-order valence-electron chi connectivity index (χ4n) is 2.90. The molecule has 0 spiro atoms. The minimum absolute atomic E-state index is 0.124. The number of aryl methyl sites for hydroxylation is 1. The monoisotopic (exact) mass is 289 g/mol. The van der Waals surface area contributed by atoms with Crippen LogP contribution >= 0.6 is 0 Å². The van der Waals surface area contributed by atoms with Gasteiger partial charge in [-0.15, -0.1) is 0 Å². The Balaban J connectivity index is 2.18. The molecule has 1 aliphatic rings. The van der Waals surface area contributed by atoms with Crippen molar-refractivity contribution in [2.75, 3.05) is 18.9 Å². The van der Waals surface area contributed by atoms with Crippen molar-refractivity contribution in [2.24, 2.45) is 0 Å². The Morgan fingerprint density at radius 1 is 1.33 bits per heavy atom. The highest BCUT2D eigenvalue weighted by atomic mass is 16.2. The molecule has 1 amide bonds. The Labute approximate surface area is 127 Å². The first-order valence-electron chi connectivity index (χ1n) is 8.17. The first-order chi connectivity index (χ1) is 10.2. The van der Waals surface area contributed by atoms with Crippen LogP contribution in [0.15, 0.2) is 12.1 Å². The Kier molecular flexibility index (Phi) is 5.59. The second-order valence-electron chi connectivity index (χ2n) is 5.87. The number of nitrogens with zero attached hydrogens (tertiary/aromatic N) is 2. The predicted octanol–water partition coefficient (Wildman–Crippen LogP) is 3.48. The highest BCUT2D eigenvalue weighted by Crippen LogP contribution is 2.24. The molecule has 21 heavy (non-hydrogen) atoms. The maximum Gasteiger partial charge on any atom is 0.254 e. The summed E-state index contributed by atoms with van der Waals surface area (Å²) in [4.78, 5) is 19.2. The minimum atomic E-state index is 0.124. The van der Waals surface area contributed by atoms with E-state index in [-0.39, 0.29) is 5.91 Å². The Morgan fingerprint density at radius 3 is 2.67 bits per heavy atom. The number of anilines is 1. The fraction of sp³-hybridized carbons (Fsp3) is 0.647. The Bertz CT molecular complexity index is 481. The molecular formula is C17H27N3O. The van der Waals surface area contributed by atoms with E-state index in [1.54, 1.807) is 0 Å². The third-order valence-corrected chi connectivity index (χ3v) is 4.24. The van der Waals surface area contributed by atoms with Crippen molar-refractivity contribution in [3.05, 3.63) is 23.4 Å². The van der Waals surface area contributed by atoms with E-state index in [2.05, 4.69) is 24.1 Å². The van der Waals surface area contributed by atoms with E-state index >= 15 is 0 Å². The van der Waals surface area contributed by atoms with Gasteiger partial charge in [-0.05, 0) is 37.8 Å². The number of rotatable bonds is 6. The number of nitrogens with one attached hydrogen (secondary N) is 1. The first kappa shape index (κ1) is 15.8. The van der Waals surface area contributed by atoms with Gasteiger partial charge in [-0.3, -0.25) is 4.79 Å². The average Bonchev–Trinajstić information content (AvgIpc) is 3.05. The van der Waals surface area contributed by atoms with Crippen molar-refractivity contribution in [1.29, 1.82) is 0 Å². The summed E-state index contributed by atoms with van der Waals surface area (Å²) in [6.07, 6.45) is 6.63. The lowest BCUT2D eigenvalue weighted by molar-refractivity contribution is 0.0735. The molecule has 0 atom stereocenters. The van der Waals surface area contributed by atoms with Gasteiger partial charge >= 0.3 is 0 Å². The van der Waals surface area contributed by atoms with Gasteiger partial charge in [-0.25, -0.2) is 4.98 Å². The van der Waals surface area contributed by atoms with Crippen LogP contribution in [0.2, 0.25) is 0 Å². The number of amides is 1. The van der Waals surface area contributed by atoms with Gasteiger partial charge in [0.15, 0.2) is 0 Å². The van der Waals surface area contributed by atoms with E-state index in [1.165, 1.54) is 12.8 Å². The van der Waals surface area contributed by atoms with Crippen LogP contribution in [0.1, 0.15) is 62.0 Å². The number of hydrogen-bond acceptors (Lipinski definition) is 3. The van der Waals surface area contributed by atoms with Crippen molar-refractivity contribution >= 4 is 11.7 Å². The molecule has 0 unspecified atom stereocenters. The molecule has 116 valence electrons. The average molecular weight is 289 g/mol. The largest absolute Gasteiger partial charge is 0.370 e. The summed E-state index contributed by atoms with van der Waals surface area (Å²) in [7, 11) is 1.93. The van der Waals surface area contributed by atoms with Crippen molar-refractivity contribution < 1.29 is 4.79 Å². The van der Waals surface area contributed by atoms with Gasteiger partial charge < -0.3 is 10.2 Å². The quantitative estimate of drug-likeness (QED) is 0.872. The maximum absolute atomic E-state index is 12.7. The second kappa shape index (κ2) is 7.43. The summed E-state index contributed by atoms with van der Waals surface area (Å²) in [5, 5.41) is 3.29. The molecule has 1 heterocycles. The summed E-state index contributed by atoms with van der Waals surface area (Å²) in [5.74, 6) is 0.943. The molecule has 0 saturated heterocycles. The number of carbonyl (C=O) groups excluding carboxylic acids is 1. The number of aromatic nitrogens is 1. The molecule has 1 fully saturated rings. The lowest BCUT2D eigenvalue weighted by Gasteiger charge is -2.24. The topological polar surface area (TPSA) is 45.2 Å². The second-order valence-corrected chi connectivity index (χ2v) is 5.87. The van der Waals surface area contributed by atoms with Crippen molar-refractivity contribution in [2.45, 2.75) is 58.4 Å². The van der Waals surface area contributed by atoms with Crippen LogP contribution in [-0.2, 0) is 6.42 Å². The van der Waals surface area contributed by atoms with E-state index < -0.39 is 0 Å². The zero-order valence-electron chi connectivity index (χ0n) is 13.5. The number of pyridine rings is 1. The van der Waals surface area contributed by atoms with Gasteiger partial charge in [0.1, 0.15) is 5.82 Å². The van der Waals surface area contributed by atoms with E-state index in [0.717, 1.165) is 49.3 Å². The summed E-state index contributed by atoms with van der Waals surface area (Å²) in [5.41, 5.74) is 1.73. The van der Waals surface area contributed by atoms with Gasteiger partial charge in [0, 0.05) is 30.9 Å². The third-order valence-electron chi connectivity index (χ3n) is 4.24. The molecule has 0 aromatic carbocycles. The standard InChI is InChI=1S/C17H27N3O/c1-4-10-18-16-12-13(11-14(5-2)19-16)17(21)20(3)15-8-6-7-9-15/h11-12,15H,4-10H2,1-3H3,(H,18,19). The molecule has 2 rings (SSSR count). The number of carbonyl (C=O) groups is 1. The van der Waals surface area contributed by atoms with E-state index in [9.17, 15) is 4.79 Å². The van der Waals surface area contributed by atoms with Crippen LogP contribution in [0.25, 0.3) is 0 Å². The van der Waals surface area contributed by atoms with Gasteiger partial charge in [0.2, 0.25) is 0 Å². The van der Waals surface area contributed by atoms with E-state index in [1.807, 2.05) is 24.1 Å². The van der Waals surface area contributed by atoms with Crippen LogP contribution < -0.4 is 5.32 Å². The number of hydrogen-bond donors (Lipinski definition) is 1. The van der Waals surface area contributed by atoms with Crippen LogP contribution in [0.3, 0.4) is 0 Å². The van der Waals surface area contributed by atoms with Crippen molar-refractivity contribution in [1.82, 2.24) is 9.88 Å². The van der Waals surface area contributed by atoms with Crippen LogP contribution in [0.4, 0.5) is 5.82 Å². The van der Waals surface area contributed by atoms with Gasteiger partial charge in [0.25, 0.3) is 5.91 Å². The third kappa shape index (κ3) is 3.96. The molecule has 4 nitrogen and oxygen atoms in total. The van der Waals surface area contributed by atoms with Crippen molar-refractivity contribution in [3.63, 3.8) is 0 Å². The normalized spacial score (nSPS) is 15.2. The van der Waals surface area contributed by atoms with Crippen LogP contribution in [0, 0.1) is 0 Å². The molecule has 1 aromatic heterocycles. The smallest absolute Gasteiger partial charge is 0.254 e. The Hall–Kier alpha value is -1.58. The molecule has 1 saturated carbocycles. The summed E-state index contributed by atoms with van der Waals surface area (Å²) < 4.78 is 0. The molecule has 0 radical (unpaired) electrons. The van der Waals surface area contributed by atoms with Crippen LogP contribution in [0.5, 0.6) is 0 Å². The summed E-state index contributed by atoms with van der Waals surface area (Å²) in [6, 6.07) is 4.23. The molecule has 1 N–H and O–H groups in total. The predicted molar refractivity (Wildman–Crippen MR) is 86.7 cm³/mol. The first-order valence-corrected chi connectivity index (χ1v) is 8.17. The molecule has 0 aliphatic heterocycles. The molecule has 4 heteroatoms. The summed E-state index contributed by atoms with van der Waals surface area (Å²) in [6.45, 7) is 5.07. The molecule has 0 bridgehead atoms. The molecule has 1 aromatic rings.